The summed E-state index contributed by atoms with van der Waals surface area (Å²) in [5.74, 6) is 0. The summed E-state index contributed by atoms with van der Waals surface area (Å²) in [5, 5.41) is 0. The van der Waals surface area contributed by atoms with E-state index in [1.807, 2.05) is 0 Å². The van der Waals surface area contributed by atoms with E-state index in [0.717, 1.165) is 25.7 Å². The second-order valence-corrected chi connectivity index (χ2v) is 4.28. The van der Waals surface area contributed by atoms with Crippen molar-refractivity contribution in [2.24, 2.45) is 5.73 Å². The lowest BCUT2D eigenvalue weighted by atomic mass is 10.1. The summed E-state index contributed by atoms with van der Waals surface area (Å²) < 4.78 is 0. The van der Waals surface area contributed by atoms with E-state index in [2.05, 4.69) is 0 Å². The third-order valence-electron chi connectivity index (χ3n) is 2.78. The van der Waals surface area contributed by atoms with E-state index in [4.69, 9.17) is 5.73 Å². The molecule has 0 unspecified atom stereocenters. The molecule has 0 aliphatic heterocycles. The van der Waals surface area contributed by atoms with Crippen molar-refractivity contribution >= 4 is 6.29 Å². The number of unbranched alkanes of at least 4 members (excludes halogenated alkanes) is 10. The minimum atomic E-state index is 0.749. The van der Waals surface area contributed by atoms with Gasteiger partial charge in [-0.1, -0.05) is 51.4 Å². The Balaban J connectivity index is 2.83. The zero-order valence-electron chi connectivity index (χ0n) is 10.0. The van der Waals surface area contributed by atoms with Crippen LogP contribution in [0.3, 0.4) is 0 Å². The summed E-state index contributed by atoms with van der Waals surface area (Å²) in [6.07, 6.45) is 14.7. The maximum Gasteiger partial charge on any atom is 0.119 e. The molecule has 2 heteroatoms. The maximum absolute atomic E-state index is 10.1. The first-order chi connectivity index (χ1) is 7.41. The van der Waals surface area contributed by atoms with Crippen LogP contribution in [0.4, 0.5) is 0 Å². The zero-order chi connectivity index (χ0) is 11.2. The molecule has 15 heavy (non-hydrogen) atoms. The molecule has 0 aliphatic rings. The molecule has 0 saturated carbocycles. The molecule has 0 bridgehead atoms. The lowest BCUT2D eigenvalue weighted by Gasteiger charge is -2.01. The van der Waals surface area contributed by atoms with Gasteiger partial charge in [-0.05, 0) is 19.4 Å². The molecule has 0 spiro atoms. The van der Waals surface area contributed by atoms with Gasteiger partial charge in [-0.3, -0.25) is 0 Å². The van der Waals surface area contributed by atoms with Gasteiger partial charge in [0.15, 0.2) is 0 Å². The second kappa shape index (κ2) is 13.6. The highest BCUT2D eigenvalue weighted by Crippen LogP contribution is 2.10. The third kappa shape index (κ3) is 13.6. The largest absolute Gasteiger partial charge is 0.330 e. The van der Waals surface area contributed by atoms with Crippen molar-refractivity contribution in [1.29, 1.82) is 0 Å². The van der Waals surface area contributed by atoms with Crippen LogP contribution in [0.1, 0.15) is 70.6 Å². The molecule has 90 valence electrons. The Morgan fingerprint density at radius 3 is 1.47 bits per heavy atom. The SMILES string of the molecule is NCCCCCCCCCCCCC=O. The minimum absolute atomic E-state index is 0.749. The number of aldehydes is 1. The van der Waals surface area contributed by atoms with Crippen LogP contribution in [0.25, 0.3) is 0 Å². The highest BCUT2D eigenvalue weighted by atomic mass is 16.1. The van der Waals surface area contributed by atoms with Gasteiger partial charge in [0.05, 0.1) is 0 Å². The van der Waals surface area contributed by atoms with E-state index in [1.165, 1.54) is 57.8 Å². The Morgan fingerprint density at radius 2 is 1.07 bits per heavy atom. The average Bonchev–Trinajstić information content (AvgIpc) is 2.26. The fraction of sp³-hybridized carbons (Fsp3) is 0.923. The van der Waals surface area contributed by atoms with E-state index in [1.54, 1.807) is 0 Å². The number of carbonyl (C=O) groups excluding carboxylic acids is 1. The van der Waals surface area contributed by atoms with Crippen molar-refractivity contribution in [3.63, 3.8) is 0 Å². The van der Waals surface area contributed by atoms with Crippen LogP contribution in [0.2, 0.25) is 0 Å². The zero-order valence-corrected chi connectivity index (χ0v) is 10.0. The van der Waals surface area contributed by atoms with Crippen molar-refractivity contribution in [3.8, 4) is 0 Å². The first-order valence-electron chi connectivity index (χ1n) is 6.55. The fourth-order valence-corrected chi connectivity index (χ4v) is 1.79. The number of rotatable bonds is 12. The Hall–Kier alpha value is -0.370. The van der Waals surface area contributed by atoms with Gasteiger partial charge in [-0.2, -0.15) is 0 Å². The van der Waals surface area contributed by atoms with E-state index in [9.17, 15) is 4.79 Å². The van der Waals surface area contributed by atoms with Crippen molar-refractivity contribution < 1.29 is 4.79 Å². The Kier molecular flexibility index (Phi) is 13.3. The van der Waals surface area contributed by atoms with Crippen LogP contribution < -0.4 is 5.73 Å². The number of carbonyl (C=O) groups is 1. The maximum atomic E-state index is 10.1. The summed E-state index contributed by atoms with van der Waals surface area (Å²) in [6.45, 7) is 0.844. The van der Waals surface area contributed by atoms with Crippen molar-refractivity contribution in [3.05, 3.63) is 0 Å². The van der Waals surface area contributed by atoms with Crippen molar-refractivity contribution in [2.75, 3.05) is 6.54 Å². The molecule has 0 amide bonds. The summed E-state index contributed by atoms with van der Waals surface area (Å²) in [5.41, 5.74) is 5.42. The molecular formula is C13H27NO. The first kappa shape index (κ1) is 14.6. The van der Waals surface area contributed by atoms with Crippen LogP contribution in [-0.2, 0) is 4.79 Å². The molecule has 0 aromatic heterocycles. The molecule has 0 heterocycles. The summed E-state index contributed by atoms with van der Waals surface area (Å²) in [6, 6.07) is 0. The van der Waals surface area contributed by atoms with Crippen LogP contribution >= 0.6 is 0 Å². The van der Waals surface area contributed by atoms with Gasteiger partial charge in [-0.25, -0.2) is 0 Å². The quantitative estimate of drug-likeness (QED) is 0.398. The Labute approximate surface area is 94.6 Å². The smallest absolute Gasteiger partial charge is 0.119 e. The highest BCUT2D eigenvalue weighted by molar-refractivity contribution is 5.48. The molecule has 2 nitrogen and oxygen atoms in total. The minimum Gasteiger partial charge on any atom is -0.330 e. The lowest BCUT2D eigenvalue weighted by Crippen LogP contribution is -1.97. The van der Waals surface area contributed by atoms with Gasteiger partial charge in [0.2, 0.25) is 0 Å². The first-order valence-corrected chi connectivity index (χ1v) is 6.55. The van der Waals surface area contributed by atoms with Crippen molar-refractivity contribution in [2.45, 2.75) is 70.6 Å². The third-order valence-corrected chi connectivity index (χ3v) is 2.78. The summed E-state index contributed by atoms with van der Waals surface area (Å²) in [7, 11) is 0. The molecule has 0 aliphatic carbocycles. The van der Waals surface area contributed by atoms with Gasteiger partial charge >= 0.3 is 0 Å². The molecule has 0 fully saturated rings. The molecular weight excluding hydrogens is 186 g/mol. The van der Waals surface area contributed by atoms with E-state index < -0.39 is 0 Å². The molecule has 0 aromatic rings. The van der Waals surface area contributed by atoms with E-state index in [0.29, 0.717) is 0 Å². The highest BCUT2D eigenvalue weighted by Gasteiger charge is 1.92. The van der Waals surface area contributed by atoms with Gasteiger partial charge in [0.25, 0.3) is 0 Å². The molecule has 0 radical (unpaired) electrons. The van der Waals surface area contributed by atoms with Gasteiger partial charge in [0.1, 0.15) is 6.29 Å². The average molecular weight is 213 g/mol. The molecule has 0 rings (SSSR count). The summed E-state index contributed by atoms with van der Waals surface area (Å²) in [4.78, 5) is 10.1. The Morgan fingerprint density at radius 1 is 0.667 bits per heavy atom. The van der Waals surface area contributed by atoms with Crippen LogP contribution in [0.15, 0.2) is 0 Å². The molecule has 2 N–H and O–H groups in total. The predicted octanol–water partition coefficient (Wildman–Crippen LogP) is 3.44. The van der Waals surface area contributed by atoms with Crippen molar-refractivity contribution in [1.82, 2.24) is 0 Å². The number of hydrogen-bond acceptors (Lipinski definition) is 2. The van der Waals surface area contributed by atoms with Gasteiger partial charge < -0.3 is 10.5 Å². The molecule has 0 atom stereocenters. The normalized spacial score (nSPS) is 10.5. The predicted molar refractivity (Wildman–Crippen MR) is 65.9 cm³/mol. The van der Waals surface area contributed by atoms with Crippen LogP contribution in [-0.4, -0.2) is 12.8 Å². The molecule has 0 saturated heterocycles. The standard InChI is InChI=1S/C13H27NO/c14-12-10-8-6-4-2-1-3-5-7-9-11-13-15/h13H,1-12,14H2. The second-order valence-electron chi connectivity index (χ2n) is 4.28. The Bertz CT molecular complexity index is 126. The monoisotopic (exact) mass is 213 g/mol. The van der Waals surface area contributed by atoms with Crippen LogP contribution in [0, 0.1) is 0 Å². The number of nitrogens with two attached hydrogens (primary N) is 1. The lowest BCUT2D eigenvalue weighted by molar-refractivity contribution is -0.107. The van der Waals surface area contributed by atoms with E-state index in [-0.39, 0.29) is 0 Å². The van der Waals surface area contributed by atoms with E-state index >= 15 is 0 Å². The van der Waals surface area contributed by atoms with Crippen LogP contribution in [0.5, 0.6) is 0 Å². The number of hydrogen-bond donors (Lipinski definition) is 1. The fourth-order valence-electron chi connectivity index (χ4n) is 1.79. The van der Waals surface area contributed by atoms with Gasteiger partial charge in [0, 0.05) is 6.42 Å². The topological polar surface area (TPSA) is 43.1 Å². The summed E-state index contributed by atoms with van der Waals surface area (Å²) >= 11 is 0. The van der Waals surface area contributed by atoms with Gasteiger partial charge in [-0.15, -0.1) is 0 Å². The molecule has 0 aromatic carbocycles.